The summed E-state index contributed by atoms with van der Waals surface area (Å²) in [7, 11) is 0. The van der Waals surface area contributed by atoms with Crippen molar-refractivity contribution in [1.29, 1.82) is 0 Å². The first-order chi connectivity index (χ1) is 14.0. The Morgan fingerprint density at radius 2 is 2.14 bits per heavy atom. The number of hydrogen-bond donors (Lipinski definition) is 2. The predicted octanol–water partition coefficient (Wildman–Crippen LogP) is 2.72. The van der Waals surface area contributed by atoms with Crippen molar-refractivity contribution in [2.75, 3.05) is 11.5 Å². The predicted molar refractivity (Wildman–Crippen MR) is 111 cm³/mol. The number of rotatable bonds is 5. The number of H-pyrrole nitrogens is 1. The second kappa shape index (κ2) is 7.96. The molecule has 3 N–H and O–H groups in total. The minimum Gasteiger partial charge on any atom is -0.467 e. The molecule has 0 saturated heterocycles. The highest BCUT2D eigenvalue weighted by molar-refractivity contribution is 7.99. The molecule has 1 aliphatic rings. The van der Waals surface area contributed by atoms with Crippen LogP contribution < -0.4 is 11.3 Å². The Labute approximate surface area is 170 Å². The maximum atomic E-state index is 12.9. The standard InChI is InChI=1S/C20H19N5O3S/c1-12-4-6-13(7-5-12)14-9-15(16-3-2-8-28-16)25(24-14)19(27)11-29-20-22-17(21)10-18(26)23-20/h2-8,10,15H,9,11H2,1H3,(H3,21,22,23,26)/t15-/m0/s1. The van der Waals surface area contributed by atoms with E-state index in [4.69, 9.17) is 10.2 Å². The molecule has 9 heteroatoms. The van der Waals surface area contributed by atoms with Gasteiger partial charge in [-0.15, -0.1) is 0 Å². The van der Waals surface area contributed by atoms with E-state index in [0.29, 0.717) is 17.3 Å². The average molecular weight is 409 g/mol. The molecular formula is C20H19N5O3S. The maximum absolute atomic E-state index is 12.9. The maximum Gasteiger partial charge on any atom is 0.253 e. The third-order valence-electron chi connectivity index (χ3n) is 4.49. The second-order valence-corrected chi connectivity index (χ2v) is 7.61. The summed E-state index contributed by atoms with van der Waals surface area (Å²) in [4.78, 5) is 31.1. The molecule has 148 valence electrons. The lowest BCUT2D eigenvalue weighted by Crippen LogP contribution is -2.28. The lowest BCUT2D eigenvalue weighted by molar-refractivity contribution is -0.130. The van der Waals surface area contributed by atoms with Crippen LogP contribution in [0.4, 0.5) is 5.82 Å². The van der Waals surface area contributed by atoms with E-state index < -0.39 is 0 Å². The van der Waals surface area contributed by atoms with Crippen LogP contribution in [-0.4, -0.2) is 32.3 Å². The van der Waals surface area contributed by atoms with E-state index in [2.05, 4.69) is 15.1 Å². The van der Waals surface area contributed by atoms with Crippen LogP contribution >= 0.6 is 11.8 Å². The number of amides is 1. The molecule has 1 aliphatic heterocycles. The molecule has 3 aromatic rings. The Morgan fingerprint density at radius 1 is 1.34 bits per heavy atom. The van der Waals surface area contributed by atoms with Gasteiger partial charge in [0, 0.05) is 12.5 Å². The van der Waals surface area contributed by atoms with E-state index in [0.717, 1.165) is 28.6 Å². The first-order valence-electron chi connectivity index (χ1n) is 8.99. The van der Waals surface area contributed by atoms with Gasteiger partial charge in [0.15, 0.2) is 5.16 Å². The smallest absolute Gasteiger partial charge is 0.253 e. The van der Waals surface area contributed by atoms with Gasteiger partial charge in [-0.3, -0.25) is 9.59 Å². The summed E-state index contributed by atoms with van der Waals surface area (Å²) in [5.74, 6) is 0.611. The third kappa shape index (κ3) is 4.24. The highest BCUT2D eigenvalue weighted by Crippen LogP contribution is 2.33. The molecule has 0 fully saturated rings. The molecule has 2 aromatic heterocycles. The zero-order valence-electron chi connectivity index (χ0n) is 15.7. The van der Waals surface area contributed by atoms with Crippen molar-refractivity contribution in [2.24, 2.45) is 5.10 Å². The zero-order chi connectivity index (χ0) is 20.4. The van der Waals surface area contributed by atoms with Gasteiger partial charge in [0.1, 0.15) is 17.6 Å². The number of thioether (sulfide) groups is 1. The number of nitrogens with zero attached hydrogens (tertiary/aromatic N) is 3. The molecule has 8 nitrogen and oxygen atoms in total. The molecule has 0 bridgehead atoms. The number of benzene rings is 1. The summed E-state index contributed by atoms with van der Waals surface area (Å²) in [6.07, 6.45) is 2.14. The molecule has 0 radical (unpaired) electrons. The SMILES string of the molecule is Cc1ccc(C2=NN(C(=O)CSc3nc(N)cc(=O)[nH]3)[C@H](c3ccco3)C2)cc1. The van der Waals surface area contributed by atoms with Crippen molar-refractivity contribution in [1.82, 2.24) is 15.0 Å². The van der Waals surface area contributed by atoms with Gasteiger partial charge in [-0.2, -0.15) is 5.10 Å². The van der Waals surface area contributed by atoms with Gasteiger partial charge in [-0.1, -0.05) is 41.6 Å². The summed E-state index contributed by atoms with van der Waals surface area (Å²) in [5, 5.41) is 6.32. The summed E-state index contributed by atoms with van der Waals surface area (Å²) in [5.41, 5.74) is 8.18. The number of aromatic nitrogens is 2. The van der Waals surface area contributed by atoms with Crippen LogP contribution in [0.25, 0.3) is 0 Å². The van der Waals surface area contributed by atoms with E-state index >= 15 is 0 Å². The van der Waals surface area contributed by atoms with Crippen LogP contribution in [0.2, 0.25) is 0 Å². The number of nitrogens with two attached hydrogens (primary N) is 1. The number of nitrogens with one attached hydrogen (secondary N) is 1. The Morgan fingerprint density at radius 3 is 2.83 bits per heavy atom. The molecule has 29 heavy (non-hydrogen) atoms. The average Bonchev–Trinajstić information content (AvgIpc) is 3.35. The Hall–Kier alpha value is -3.33. The van der Waals surface area contributed by atoms with Gasteiger partial charge in [0.05, 0.1) is 17.7 Å². The molecule has 0 unspecified atom stereocenters. The number of hydrazone groups is 1. The molecule has 3 heterocycles. The number of aromatic amines is 1. The number of carbonyl (C=O) groups is 1. The largest absolute Gasteiger partial charge is 0.467 e. The monoisotopic (exact) mass is 409 g/mol. The molecular weight excluding hydrogens is 390 g/mol. The van der Waals surface area contributed by atoms with Gasteiger partial charge in [-0.25, -0.2) is 9.99 Å². The van der Waals surface area contributed by atoms with Crippen LogP contribution in [-0.2, 0) is 4.79 Å². The topological polar surface area (TPSA) is 118 Å². The summed E-state index contributed by atoms with van der Waals surface area (Å²) in [6.45, 7) is 2.02. The molecule has 0 saturated carbocycles. The van der Waals surface area contributed by atoms with Crippen LogP contribution in [0.1, 0.15) is 29.3 Å². The minimum absolute atomic E-state index is 0.0499. The molecule has 1 amide bonds. The van der Waals surface area contributed by atoms with Crippen LogP contribution in [0.15, 0.2) is 68.2 Å². The van der Waals surface area contributed by atoms with E-state index in [1.165, 1.54) is 11.1 Å². The fraction of sp³-hybridized carbons (Fsp3) is 0.200. The van der Waals surface area contributed by atoms with Crippen molar-refractivity contribution in [2.45, 2.75) is 24.5 Å². The van der Waals surface area contributed by atoms with E-state index in [9.17, 15) is 9.59 Å². The van der Waals surface area contributed by atoms with Gasteiger partial charge >= 0.3 is 0 Å². The summed E-state index contributed by atoms with van der Waals surface area (Å²) in [6, 6.07) is 12.5. The molecule has 0 spiro atoms. The number of aryl methyl sites for hydroxylation is 1. The second-order valence-electron chi connectivity index (χ2n) is 6.65. The van der Waals surface area contributed by atoms with Crippen molar-refractivity contribution < 1.29 is 9.21 Å². The summed E-state index contributed by atoms with van der Waals surface area (Å²) >= 11 is 1.10. The van der Waals surface area contributed by atoms with E-state index in [1.807, 2.05) is 37.3 Å². The number of nitrogen functional groups attached to an aromatic ring is 1. The Bertz CT molecular complexity index is 1110. The minimum atomic E-state index is -0.359. The normalized spacial score (nSPS) is 16.1. The zero-order valence-corrected chi connectivity index (χ0v) is 16.5. The van der Waals surface area contributed by atoms with Crippen molar-refractivity contribution in [3.05, 3.63) is 76.0 Å². The van der Waals surface area contributed by atoms with Gasteiger partial charge in [0.25, 0.3) is 11.5 Å². The fourth-order valence-corrected chi connectivity index (χ4v) is 3.82. The fourth-order valence-electron chi connectivity index (χ4n) is 3.08. The Balaban J connectivity index is 1.56. The molecule has 1 aromatic carbocycles. The van der Waals surface area contributed by atoms with Gasteiger partial charge in [-0.05, 0) is 24.6 Å². The van der Waals surface area contributed by atoms with Crippen LogP contribution in [0, 0.1) is 6.92 Å². The molecule has 4 rings (SSSR count). The first kappa shape index (κ1) is 19.0. The van der Waals surface area contributed by atoms with Gasteiger partial charge < -0.3 is 15.1 Å². The lowest BCUT2D eigenvalue weighted by Gasteiger charge is -2.19. The van der Waals surface area contributed by atoms with Crippen molar-refractivity contribution >= 4 is 29.2 Å². The van der Waals surface area contributed by atoms with E-state index in [-0.39, 0.29) is 29.1 Å². The third-order valence-corrected chi connectivity index (χ3v) is 5.35. The van der Waals surface area contributed by atoms with Crippen LogP contribution in [0.5, 0.6) is 0 Å². The highest BCUT2D eigenvalue weighted by atomic mass is 32.2. The lowest BCUT2D eigenvalue weighted by atomic mass is 10.0. The van der Waals surface area contributed by atoms with Crippen molar-refractivity contribution in [3.8, 4) is 0 Å². The van der Waals surface area contributed by atoms with E-state index in [1.54, 1.807) is 12.3 Å². The van der Waals surface area contributed by atoms with Crippen molar-refractivity contribution in [3.63, 3.8) is 0 Å². The number of hydrogen-bond acceptors (Lipinski definition) is 7. The van der Waals surface area contributed by atoms with Gasteiger partial charge in [0.2, 0.25) is 0 Å². The molecule has 0 aliphatic carbocycles. The highest BCUT2D eigenvalue weighted by Gasteiger charge is 2.34. The quantitative estimate of drug-likeness (QED) is 0.494. The number of carbonyl (C=O) groups excluding carboxylic acids is 1. The number of anilines is 1. The Kier molecular flexibility index (Phi) is 5.22. The molecule has 1 atom stereocenters. The first-order valence-corrected chi connectivity index (χ1v) is 9.98. The van der Waals surface area contributed by atoms with Crippen LogP contribution in [0.3, 0.4) is 0 Å². The number of furan rings is 1. The summed E-state index contributed by atoms with van der Waals surface area (Å²) < 4.78 is 5.55.